The minimum atomic E-state index is -3.04. The molecule has 1 rings (SSSR count). The highest BCUT2D eigenvalue weighted by molar-refractivity contribution is 7.89. The smallest absolute Gasteiger partial charge is 0.236 e. The van der Waals surface area contributed by atoms with Crippen LogP contribution in [0.2, 0.25) is 0 Å². The quantitative estimate of drug-likeness (QED) is 0.654. The first-order chi connectivity index (χ1) is 5.56. The molecule has 0 fully saturated rings. The summed E-state index contributed by atoms with van der Waals surface area (Å²) >= 11 is 0. The van der Waals surface area contributed by atoms with Gasteiger partial charge in [0.2, 0.25) is 10.0 Å². The summed E-state index contributed by atoms with van der Waals surface area (Å²) in [5.41, 5.74) is 0. The predicted molar refractivity (Wildman–Crippen MR) is 58.8 cm³/mol. The topological polar surface area (TPSA) is 40.6 Å². The van der Waals surface area contributed by atoms with Crippen molar-refractivity contribution in [3.63, 3.8) is 0 Å². The first-order valence-electron chi connectivity index (χ1n) is 3.94. The van der Waals surface area contributed by atoms with E-state index < -0.39 is 10.0 Å². The molecule has 0 saturated heterocycles. The van der Waals surface area contributed by atoms with E-state index in [0.717, 1.165) is 0 Å². The van der Waals surface area contributed by atoms with Crippen LogP contribution in [0.1, 0.15) is 13.3 Å². The van der Waals surface area contributed by atoms with Gasteiger partial charge in [0.15, 0.2) is 0 Å². The van der Waals surface area contributed by atoms with Gasteiger partial charge >= 0.3 is 0 Å². The van der Waals surface area contributed by atoms with Crippen LogP contribution in [-0.4, -0.2) is 37.1 Å². The van der Waals surface area contributed by atoms with Gasteiger partial charge in [-0.25, -0.2) is 8.42 Å². The van der Waals surface area contributed by atoms with Gasteiger partial charge in [-0.05, 0) is 6.42 Å². The van der Waals surface area contributed by atoms with Crippen molar-refractivity contribution in [1.82, 2.24) is 9.21 Å². The summed E-state index contributed by atoms with van der Waals surface area (Å²) in [6.45, 7) is 2.31. The molecule has 1 atom stereocenters. The highest BCUT2D eigenvalue weighted by atomic mass is 32.2. The van der Waals surface area contributed by atoms with Gasteiger partial charge in [-0.3, -0.25) is 4.31 Å². The van der Waals surface area contributed by atoms with Gasteiger partial charge in [0.1, 0.15) is 6.67 Å². The molecule has 13 heavy (non-hydrogen) atoms. The van der Waals surface area contributed by atoms with Crippen molar-refractivity contribution in [3.05, 3.63) is 12.4 Å². The van der Waals surface area contributed by atoms with E-state index in [1.54, 1.807) is 12.4 Å². The average molecular weight is 224 g/mol. The number of sulfonamides is 1. The molecule has 0 aliphatic carbocycles. The number of nitrogens with zero attached hydrogens (tertiary/aromatic N) is 2. The van der Waals surface area contributed by atoms with Crippen LogP contribution in [0.3, 0.4) is 0 Å². The molecule has 0 amide bonds. The highest BCUT2D eigenvalue weighted by Gasteiger charge is 2.21. The van der Waals surface area contributed by atoms with Gasteiger partial charge in [0, 0.05) is 19.4 Å². The molecule has 0 aromatic carbocycles. The van der Waals surface area contributed by atoms with Crippen molar-refractivity contribution < 1.29 is 8.42 Å². The van der Waals surface area contributed by atoms with E-state index in [2.05, 4.69) is 0 Å². The Kier molecular flexibility index (Phi) is 4.71. The van der Waals surface area contributed by atoms with Crippen LogP contribution in [0, 0.1) is 0 Å². The molecule has 0 radical (unpaired) electrons. The normalized spacial score (nSPS) is 16.2. The Morgan fingerprint density at radius 1 is 1.38 bits per heavy atom. The van der Waals surface area contributed by atoms with Crippen LogP contribution in [0.15, 0.2) is 12.4 Å². The van der Waals surface area contributed by atoms with Crippen molar-refractivity contribution in [2.24, 2.45) is 0 Å². The summed E-state index contributed by atoms with van der Waals surface area (Å²) in [5, 5.41) is 0. The SMILES string of the molecule is CCCS(=O)(=O)N1C=CN(C)C1.P. The summed E-state index contributed by atoms with van der Waals surface area (Å²) in [6, 6.07) is 0. The molecule has 78 valence electrons. The third-order valence-corrected chi connectivity index (χ3v) is 3.55. The van der Waals surface area contributed by atoms with E-state index >= 15 is 0 Å². The van der Waals surface area contributed by atoms with Crippen LogP contribution >= 0.6 is 9.90 Å². The van der Waals surface area contributed by atoms with Crippen LogP contribution < -0.4 is 0 Å². The lowest BCUT2D eigenvalue weighted by molar-refractivity contribution is 0.385. The second kappa shape index (κ2) is 4.82. The highest BCUT2D eigenvalue weighted by Crippen LogP contribution is 2.10. The fraction of sp³-hybridized carbons (Fsp3) is 0.714. The molecule has 1 heterocycles. The minimum Gasteiger partial charge on any atom is -0.361 e. The molecule has 0 N–H and O–H groups in total. The molecule has 0 aromatic heterocycles. The molecule has 1 aliphatic rings. The first kappa shape index (κ1) is 12.7. The molecule has 0 bridgehead atoms. The zero-order chi connectivity index (χ0) is 9.19. The first-order valence-corrected chi connectivity index (χ1v) is 5.55. The Morgan fingerprint density at radius 3 is 2.38 bits per heavy atom. The number of hydrogen-bond donors (Lipinski definition) is 0. The molecular formula is C7H17N2O2PS. The van der Waals surface area contributed by atoms with Gasteiger partial charge in [-0.15, -0.1) is 0 Å². The van der Waals surface area contributed by atoms with Crippen molar-refractivity contribution in [1.29, 1.82) is 0 Å². The number of hydrogen-bond acceptors (Lipinski definition) is 3. The average Bonchev–Trinajstić information content (AvgIpc) is 2.36. The van der Waals surface area contributed by atoms with Gasteiger partial charge in [0.25, 0.3) is 0 Å². The van der Waals surface area contributed by atoms with Crippen molar-refractivity contribution in [3.8, 4) is 0 Å². The maximum Gasteiger partial charge on any atom is 0.236 e. The maximum absolute atomic E-state index is 11.4. The van der Waals surface area contributed by atoms with Crippen molar-refractivity contribution in [2.45, 2.75) is 13.3 Å². The molecule has 6 heteroatoms. The zero-order valence-electron chi connectivity index (χ0n) is 8.10. The molecule has 4 nitrogen and oxygen atoms in total. The van der Waals surface area contributed by atoms with E-state index in [9.17, 15) is 8.42 Å². The third-order valence-electron chi connectivity index (χ3n) is 1.67. The minimum absolute atomic E-state index is 0. The van der Waals surface area contributed by atoms with Gasteiger partial charge < -0.3 is 4.90 Å². The monoisotopic (exact) mass is 224 g/mol. The van der Waals surface area contributed by atoms with Crippen LogP contribution in [0.5, 0.6) is 0 Å². The third kappa shape index (κ3) is 3.16. The van der Waals surface area contributed by atoms with E-state index in [1.165, 1.54) is 4.31 Å². The summed E-state index contributed by atoms with van der Waals surface area (Å²) in [5.74, 6) is 0.227. The van der Waals surface area contributed by atoms with Gasteiger partial charge in [0.05, 0.1) is 5.75 Å². The Hall–Kier alpha value is -0.280. The Bertz CT molecular complexity index is 276. The van der Waals surface area contributed by atoms with E-state index in [1.807, 2.05) is 18.9 Å². The Balaban J connectivity index is 0.00000144. The fourth-order valence-electron chi connectivity index (χ4n) is 1.06. The number of rotatable bonds is 3. The summed E-state index contributed by atoms with van der Waals surface area (Å²) < 4.78 is 24.2. The summed E-state index contributed by atoms with van der Waals surface area (Å²) in [6.07, 6.45) is 4.02. The molecule has 0 aromatic rings. The predicted octanol–water partition coefficient (Wildman–Crippen LogP) is 0.460. The van der Waals surface area contributed by atoms with Crippen LogP contribution in [0.4, 0.5) is 0 Å². The van der Waals surface area contributed by atoms with Crippen molar-refractivity contribution >= 4 is 19.9 Å². The molecule has 1 aliphatic heterocycles. The molecular weight excluding hydrogens is 207 g/mol. The van der Waals surface area contributed by atoms with Gasteiger partial charge in [-0.2, -0.15) is 9.90 Å². The summed E-state index contributed by atoms with van der Waals surface area (Å²) in [4.78, 5) is 1.83. The van der Waals surface area contributed by atoms with Crippen LogP contribution in [-0.2, 0) is 10.0 Å². The Labute approximate surface area is 83.3 Å². The largest absolute Gasteiger partial charge is 0.361 e. The lowest BCUT2D eigenvalue weighted by atomic mass is 10.6. The lowest BCUT2D eigenvalue weighted by Gasteiger charge is -2.17. The fourth-order valence-corrected chi connectivity index (χ4v) is 2.41. The molecule has 0 spiro atoms. The zero-order valence-corrected chi connectivity index (χ0v) is 10.3. The van der Waals surface area contributed by atoms with Crippen LogP contribution in [0.25, 0.3) is 0 Å². The summed E-state index contributed by atoms with van der Waals surface area (Å²) in [7, 11) is -1.19. The molecule has 0 saturated carbocycles. The van der Waals surface area contributed by atoms with Crippen molar-refractivity contribution in [2.75, 3.05) is 19.5 Å². The van der Waals surface area contributed by atoms with E-state index in [0.29, 0.717) is 13.1 Å². The second-order valence-electron chi connectivity index (χ2n) is 2.90. The Morgan fingerprint density at radius 2 is 2.00 bits per heavy atom. The lowest BCUT2D eigenvalue weighted by Crippen LogP contribution is -2.30. The maximum atomic E-state index is 11.4. The standard InChI is InChI=1S/C7H14N2O2S.H3P/c1-3-6-12(10,11)9-5-4-8(2)7-9;/h4-5H,3,6-7H2,1-2H3;1H3. The molecule has 1 unspecified atom stereocenters. The van der Waals surface area contributed by atoms with E-state index in [-0.39, 0.29) is 15.7 Å². The van der Waals surface area contributed by atoms with E-state index in [4.69, 9.17) is 0 Å². The van der Waals surface area contributed by atoms with Gasteiger partial charge in [-0.1, -0.05) is 6.92 Å². The second-order valence-corrected chi connectivity index (χ2v) is 4.94.